The molecule has 0 saturated carbocycles. The van der Waals surface area contributed by atoms with E-state index >= 15 is 0 Å². The van der Waals surface area contributed by atoms with Crippen molar-refractivity contribution in [1.29, 1.82) is 0 Å². The number of nitrogens with one attached hydrogen (secondary N) is 2. The molecule has 4 aromatic rings. The Morgan fingerprint density at radius 2 is 1.36 bits per heavy atom. The lowest BCUT2D eigenvalue weighted by molar-refractivity contribution is -0.116. The van der Waals surface area contributed by atoms with Crippen LogP contribution in [0.2, 0.25) is 0 Å². The second kappa shape index (κ2) is 15.4. The van der Waals surface area contributed by atoms with Gasteiger partial charge in [-0.15, -0.1) is 0 Å². The lowest BCUT2D eigenvalue weighted by Crippen LogP contribution is -2.16. The fourth-order valence-corrected chi connectivity index (χ4v) is 3.13. The van der Waals surface area contributed by atoms with Crippen LogP contribution >= 0.6 is 11.6 Å². The number of halogens is 1. The van der Waals surface area contributed by atoms with Crippen LogP contribution in [0.5, 0.6) is 23.0 Å². The van der Waals surface area contributed by atoms with Gasteiger partial charge in [-0.1, -0.05) is 43.3 Å². The number of carbonyl (C=O) groups is 3. The fourth-order valence-electron chi connectivity index (χ4n) is 3.04. The lowest BCUT2D eigenvalue weighted by atomic mass is 10.3. The topological polar surface area (TPSA) is 116 Å². The minimum atomic E-state index is -0.814. The number of carbonyl (C=O) groups excluding carboxylic acids is 3. The Morgan fingerprint density at radius 3 is 1.95 bits per heavy atom. The fraction of sp³-hybridized carbons (Fsp3) is 0.103. The van der Waals surface area contributed by atoms with Crippen molar-refractivity contribution >= 4 is 40.5 Å². The second-order valence-electron chi connectivity index (χ2n) is 7.78. The Labute approximate surface area is 230 Å². The van der Waals surface area contributed by atoms with Crippen LogP contribution < -0.4 is 24.8 Å². The quantitative estimate of drug-likeness (QED) is 0.218. The molecular formula is C29H26ClN3O6. The zero-order valence-electron chi connectivity index (χ0n) is 21.0. The molecule has 0 radical (unpaired) electrons. The zero-order chi connectivity index (χ0) is 27.9. The second-order valence-corrected chi connectivity index (χ2v) is 8.09. The third-order valence-corrected chi connectivity index (χ3v) is 4.78. The number of hydrogen-bond acceptors (Lipinski definition) is 7. The summed E-state index contributed by atoms with van der Waals surface area (Å²) in [6.45, 7) is 1.94. The van der Waals surface area contributed by atoms with Gasteiger partial charge in [0, 0.05) is 36.0 Å². The van der Waals surface area contributed by atoms with Crippen LogP contribution in [0.1, 0.15) is 19.8 Å². The van der Waals surface area contributed by atoms with Gasteiger partial charge < -0.3 is 19.5 Å². The van der Waals surface area contributed by atoms with Crippen LogP contribution in [-0.2, 0) is 4.79 Å². The van der Waals surface area contributed by atoms with Gasteiger partial charge in [0.25, 0.3) is 0 Å². The molecule has 0 aliphatic heterocycles. The van der Waals surface area contributed by atoms with E-state index in [1.54, 1.807) is 91.1 Å². The van der Waals surface area contributed by atoms with Crippen LogP contribution in [0.15, 0.2) is 103 Å². The highest BCUT2D eigenvalue weighted by Crippen LogP contribution is 2.24. The number of anilines is 2. The molecule has 1 heterocycles. The smallest absolute Gasteiger partial charge is 0.417 e. The standard InChI is InChI=1S/C22H21N3O4.C7H5ClO2/c1-2-6-21(26)25-20-15-19(13-14-23-20)28-18-11-9-16(10-12-18)24-22(27)29-17-7-4-3-5-8-17;8-7(9)10-6-4-2-1-3-5-6/h3-5,7-15H,2,6H2,1H3,(H,24,27)(H,23,25,26);1-5H. The number of hydrogen-bond donors (Lipinski definition) is 2. The van der Waals surface area contributed by atoms with E-state index in [1.165, 1.54) is 0 Å². The van der Waals surface area contributed by atoms with Gasteiger partial charge in [0.2, 0.25) is 5.91 Å². The molecule has 200 valence electrons. The maximum atomic E-state index is 11.9. The van der Waals surface area contributed by atoms with Crippen molar-refractivity contribution in [3.63, 3.8) is 0 Å². The van der Waals surface area contributed by atoms with Crippen LogP contribution in [-0.4, -0.2) is 22.4 Å². The van der Waals surface area contributed by atoms with Crippen LogP contribution in [0.25, 0.3) is 0 Å². The number of nitrogens with zero attached hydrogens (tertiary/aromatic N) is 1. The van der Waals surface area contributed by atoms with Gasteiger partial charge in [0.1, 0.15) is 28.8 Å². The molecule has 2 N–H and O–H groups in total. The summed E-state index contributed by atoms with van der Waals surface area (Å²) in [7, 11) is 0. The summed E-state index contributed by atoms with van der Waals surface area (Å²) in [5.74, 6) is 2.38. The van der Waals surface area contributed by atoms with E-state index in [1.807, 2.05) is 19.1 Å². The highest BCUT2D eigenvalue weighted by atomic mass is 35.5. The first-order valence-electron chi connectivity index (χ1n) is 11.9. The summed E-state index contributed by atoms with van der Waals surface area (Å²) in [4.78, 5) is 37.9. The number of benzene rings is 3. The third kappa shape index (κ3) is 10.9. The first-order chi connectivity index (χ1) is 18.9. The number of rotatable bonds is 8. The normalized spacial score (nSPS) is 9.79. The maximum Gasteiger partial charge on any atom is 0.417 e. The predicted molar refractivity (Wildman–Crippen MR) is 149 cm³/mol. The Bertz CT molecular complexity index is 1350. The first-order valence-corrected chi connectivity index (χ1v) is 12.3. The molecule has 9 nitrogen and oxygen atoms in total. The molecule has 0 unspecified atom stereocenters. The van der Waals surface area contributed by atoms with E-state index in [0.717, 1.165) is 6.42 Å². The molecule has 0 bridgehead atoms. The van der Waals surface area contributed by atoms with E-state index in [2.05, 4.69) is 20.4 Å². The van der Waals surface area contributed by atoms with Crippen LogP contribution in [0.4, 0.5) is 21.1 Å². The molecule has 2 amide bonds. The molecule has 0 aliphatic carbocycles. The molecule has 0 saturated heterocycles. The van der Waals surface area contributed by atoms with Gasteiger partial charge in [-0.25, -0.2) is 14.6 Å². The number of ether oxygens (including phenoxy) is 3. The first kappa shape index (κ1) is 28.7. The van der Waals surface area contributed by atoms with Gasteiger partial charge in [-0.2, -0.15) is 0 Å². The van der Waals surface area contributed by atoms with Crippen molar-refractivity contribution in [2.24, 2.45) is 0 Å². The third-order valence-electron chi connectivity index (χ3n) is 4.71. The molecule has 10 heteroatoms. The number of pyridine rings is 1. The molecular weight excluding hydrogens is 522 g/mol. The van der Waals surface area contributed by atoms with Crippen LogP contribution in [0, 0.1) is 0 Å². The van der Waals surface area contributed by atoms with Crippen molar-refractivity contribution in [1.82, 2.24) is 4.98 Å². The van der Waals surface area contributed by atoms with Gasteiger partial charge >= 0.3 is 11.5 Å². The zero-order valence-corrected chi connectivity index (χ0v) is 21.8. The van der Waals surface area contributed by atoms with Gasteiger partial charge in [0.05, 0.1) is 0 Å². The van der Waals surface area contributed by atoms with E-state index in [0.29, 0.717) is 40.9 Å². The number of aromatic nitrogens is 1. The Morgan fingerprint density at radius 1 is 0.744 bits per heavy atom. The van der Waals surface area contributed by atoms with Gasteiger partial charge in [0.15, 0.2) is 0 Å². The molecule has 0 atom stereocenters. The van der Waals surface area contributed by atoms with Crippen molar-refractivity contribution in [2.45, 2.75) is 19.8 Å². The summed E-state index contributed by atoms with van der Waals surface area (Å²) in [6, 6.07) is 27.6. The van der Waals surface area contributed by atoms with Crippen molar-refractivity contribution < 1.29 is 28.6 Å². The SMILES string of the molecule is CCCC(=O)Nc1cc(Oc2ccc(NC(=O)Oc3ccccc3)cc2)ccn1.O=C(Cl)Oc1ccccc1. The molecule has 0 spiro atoms. The van der Waals surface area contributed by atoms with E-state index in [9.17, 15) is 14.4 Å². The van der Waals surface area contributed by atoms with Crippen molar-refractivity contribution in [2.75, 3.05) is 10.6 Å². The highest BCUT2D eigenvalue weighted by Gasteiger charge is 2.07. The van der Waals surface area contributed by atoms with Gasteiger partial charge in [-0.3, -0.25) is 10.1 Å². The number of amides is 2. The Kier molecular flexibility index (Phi) is 11.3. The minimum absolute atomic E-state index is 0.0880. The largest absolute Gasteiger partial charge is 0.457 e. The van der Waals surface area contributed by atoms with Crippen molar-refractivity contribution in [3.8, 4) is 23.0 Å². The monoisotopic (exact) mass is 547 g/mol. The Balaban J connectivity index is 0.000000353. The molecule has 0 aliphatic rings. The lowest BCUT2D eigenvalue weighted by Gasteiger charge is -2.10. The predicted octanol–water partition coefficient (Wildman–Crippen LogP) is 7.65. The maximum absolute atomic E-state index is 11.9. The van der Waals surface area contributed by atoms with Crippen molar-refractivity contribution in [3.05, 3.63) is 103 Å². The summed E-state index contributed by atoms with van der Waals surface area (Å²) in [5.41, 5.74) is -0.244. The average molecular weight is 548 g/mol. The highest BCUT2D eigenvalue weighted by molar-refractivity contribution is 6.61. The van der Waals surface area contributed by atoms with Gasteiger partial charge in [-0.05, 0) is 61.0 Å². The summed E-state index contributed by atoms with van der Waals surface area (Å²) in [6.07, 6.45) is 2.19. The van der Waals surface area contributed by atoms with E-state index < -0.39 is 11.5 Å². The average Bonchev–Trinajstić information content (AvgIpc) is 2.91. The molecule has 39 heavy (non-hydrogen) atoms. The summed E-state index contributed by atoms with van der Waals surface area (Å²) < 4.78 is 15.5. The number of para-hydroxylation sites is 2. The summed E-state index contributed by atoms with van der Waals surface area (Å²) in [5, 5.41) is 5.38. The van der Waals surface area contributed by atoms with E-state index in [4.69, 9.17) is 21.1 Å². The molecule has 0 fully saturated rings. The van der Waals surface area contributed by atoms with E-state index in [-0.39, 0.29) is 5.91 Å². The molecule has 3 aromatic carbocycles. The summed E-state index contributed by atoms with van der Waals surface area (Å²) >= 11 is 4.95. The van der Waals surface area contributed by atoms with Crippen LogP contribution in [0.3, 0.4) is 0 Å². The Hall–Kier alpha value is -4.89. The molecule has 1 aromatic heterocycles. The molecule has 4 rings (SSSR count). The minimum Gasteiger partial charge on any atom is -0.457 e.